The molecule has 0 bridgehead atoms. The lowest BCUT2D eigenvalue weighted by Gasteiger charge is -2.43. The molecule has 0 aromatic rings. The Balaban J connectivity index is 2.42. The average molecular weight is 271 g/mol. The van der Waals surface area contributed by atoms with Gasteiger partial charge in [-0.2, -0.15) is 0 Å². The highest BCUT2D eigenvalue weighted by Crippen LogP contribution is 2.16. The Morgan fingerprint density at radius 2 is 1.84 bits per heavy atom. The van der Waals surface area contributed by atoms with E-state index in [2.05, 4.69) is 49.9 Å². The Bertz CT molecular complexity index is 250. The molecule has 2 N–H and O–H groups in total. The molecule has 1 fully saturated rings. The molecular formula is C15H33N3O. The smallest absolute Gasteiger partial charge is 0.0611 e. The molecule has 1 saturated heterocycles. The first-order valence-corrected chi connectivity index (χ1v) is 7.72. The summed E-state index contributed by atoms with van der Waals surface area (Å²) in [6.45, 7) is 13.4. The Morgan fingerprint density at radius 3 is 2.32 bits per heavy atom. The van der Waals surface area contributed by atoms with Crippen molar-refractivity contribution in [1.29, 1.82) is 0 Å². The normalized spacial score (nSPS) is 29.4. The minimum absolute atomic E-state index is 0.133. The molecule has 1 heterocycles. The molecule has 4 nitrogen and oxygen atoms in total. The van der Waals surface area contributed by atoms with Crippen LogP contribution in [-0.2, 0) is 0 Å². The van der Waals surface area contributed by atoms with Crippen molar-refractivity contribution in [3.8, 4) is 0 Å². The monoisotopic (exact) mass is 271 g/mol. The third-order valence-electron chi connectivity index (χ3n) is 4.57. The number of piperazine rings is 1. The summed E-state index contributed by atoms with van der Waals surface area (Å²) >= 11 is 0. The number of likely N-dealkylation sites (N-methyl/N-ethyl adjacent to an activating group) is 1. The molecule has 0 spiro atoms. The van der Waals surface area contributed by atoms with Crippen LogP contribution in [-0.4, -0.2) is 72.4 Å². The Kier molecular flexibility index (Phi) is 6.74. The molecule has 114 valence electrons. The standard InChI is InChI=1S/C15H33N3O/c1-6-8-16-15(4,12-19)7-9-18-10-13(2)17(5)14(3)11-18/h13-14,16,19H,6-12H2,1-5H3. The molecule has 3 unspecified atom stereocenters. The second-order valence-corrected chi connectivity index (χ2v) is 6.52. The fraction of sp³-hybridized carbons (Fsp3) is 1.00. The van der Waals surface area contributed by atoms with E-state index in [0.717, 1.165) is 39.0 Å². The zero-order chi connectivity index (χ0) is 14.5. The van der Waals surface area contributed by atoms with Crippen LogP contribution >= 0.6 is 0 Å². The van der Waals surface area contributed by atoms with Crippen LogP contribution in [0.2, 0.25) is 0 Å². The van der Waals surface area contributed by atoms with E-state index in [1.165, 1.54) is 0 Å². The van der Waals surface area contributed by atoms with Gasteiger partial charge in [0.2, 0.25) is 0 Å². The van der Waals surface area contributed by atoms with Crippen molar-refractivity contribution in [3.05, 3.63) is 0 Å². The second-order valence-electron chi connectivity index (χ2n) is 6.52. The van der Waals surface area contributed by atoms with E-state index < -0.39 is 0 Å². The van der Waals surface area contributed by atoms with Crippen LogP contribution in [0.3, 0.4) is 0 Å². The first-order valence-electron chi connectivity index (χ1n) is 7.72. The van der Waals surface area contributed by atoms with Crippen molar-refractivity contribution >= 4 is 0 Å². The van der Waals surface area contributed by atoms with E-state index in [1.54, 1.807) is 0 Å². The van der Waals surface area contributed by atoms with Crippen LogP contribution in [0.15, 0.2) is 0 Å². The summed E-state index contributed by atoms with van der Waals surface area (Å²) in [4.78, 5) is 4.99. The maximum atomic E-state index is 9.60. The summed E-state index contributed by atoms with van der Waals surface area (Å²) in [5, 5.41) is 13.1. The Hall–Kier alpha value is -0.160. The van der Waals surface area contributed by atoms with Gasteiger partial charge in [-0.15, -0.1) is 0 Å². The molecule has 1 rings (SSSR count). The summed E-state index contributed by atoms with van der Waals surface area (Å²) < 4.78 is 0. The highest BCUT2D eigenvalue weighted by Gasteiger charge is 2.28. The van der Waals surface area contributed by atoms with Crippen molar-refractivity contribution in [3.63, 3.8) is 0 Å². The molecule has 0 amide bonds. The Morgan fingerprint density at radius 1 is 1.26 bits per heavy atom. The van der Waals surface area contributed by atoms with Gasteiger partial charge >= 0.3 is 0 Å². The SMILES string of the molecule is CCCNC(C)(CO)CCN1CC(C)N(C)C(C)C1. The topological polar surface area (TPSA) is 38.7 Å². The lowest BCUT2D eigenvalue weighted by atomic mass is 9.97. The number of rotatable bonds is 7. The molecule has 1 aliphatic rings. The van der Waals surface area contributed by atoms with Gasteiger partial charge in [-0.05, 0) is 47.2 Å². The average Bonchev–Trinajstić information content (AvgIpc) is 2.40. The number of nitrogens with zero attached hydrogens (tertiary/aromatic N) is 2. The third kappa shape index (κ3) is 5.03. The first-order chi connectivity index (χ1) is 8.91. The van der Waals surface area contributed by atoms with Crippen LogP contribution in [0.1, 0.15) is 40.5 Å². The molecule has 4 heteroatoms. The van der Waals surface area contributed by atoms with Crippen LogP contribution in [0.25, 0.3) is 0 Å². The molecule has 0 aliphatic carbocycles. The third-order valence-corrected chi connectivity index (χ3v) is 4.57. The van der Waals surface area contributed by atoms with Gasteiger partial charge in [0.1, 0.15) is 0 Å². The summed E-state index contributed by atoms with van der Waals surface area (Å²) in [6.07, 6.45) is 2.12. The minimum atomic E-state index is -0.133. The zero-order valence-electron chi connectivity index (χ0n) is 13.4. The van der Waals surface area contributed by atoms with Crippen LogP contribution < -0.4 is 5.32 Å². The molecule has 19 heavy (non-hydrogen) atoms. The van der Waals surface area contributed by atoms with Gasteiger partial charge in [0.15, 0.2) is 0 Å². The highest BCUT2D eigenvalue weighted by atomic mass is 16.3. The van der Waals surface area contributed by atoms with E-state index in [1.807, 2.05) is 0 Å². The van der Waals surface area contributed by atoms with Gasteiger partial charge in [-0.1, -0.05) is 6.92 Å². The second kappa shape index (κ2) is 7.58. The zero-order valence-corrected chi connectivity index (χ0v) is 13.4. The number of hydrogen-bond donors (Lipinski definition) is 2. The molecule has 3 atom stereocenters. The van der Waals surface area contributed by atoms with Crippen LogP contribution in [0.4, 0.5) is 0 Å². The maximum absolute atomic E-state index is 9.60. The summed E-state index contributed by atoms with van der Waals surface area (Å²) in [5.41, 5.74) is -0.133. The van der Waals surface area contributed by atoms with Gasteiger partial charge in [-0.25, -0.2) is 0 Å². The summed E-state index contributed by atoms with van der Waals surface area (Å²) in [7, 11) is 2.22. The molecule has 0 saturated carbocycles. The highest BCUT2D eigenvalue weighted by molar-refractivity contribution is 4.87. The van der Waals surface area contributed by atoms with Crippen molar-refractivity contribution in [1.82, 2.24) is 15.1 Å². The van der Waals surface area contributed by atoms with E-state index in [-0.39, 0.29) is 12.1 Å². The maximum Gasteiger partial charge on any atom is 0.0611 e. The molecule has 0 radical (unpaired) electrons. The van der Waals surface area contributed by atoms with Gasteiger partial charge < -0.3 is 15.3 Å². The van der Waals surface area contributed by atoms with Crippen molar-refractivity contribution < 1.29 is 5.11 Å². The lowest BCUT2D eigenvalue weighted by molar-refractivity contribution is 0.0502. The van der Waals surface area contributed by atoms with Crippen molar-refractivity contribution in [2.45, 2.75) is 58.2 Å². The van der Waals surface area contributed by atoms with Crippen molar-refractivity contribution in [2.24, 2.45) is 0 Å². The number of nitrogens with one attached hydrogen (secondary N) is 1. The molecule has 0 aromatic carbocycles. The number of hydrogen-bond acceptors (Lipinski definition) is 4. The summed E-state index contributed by atoms with van der Waals surface area (Å²) in [5.74, 6) is 0. The minimum Gasteiger partial charge on any atom is -0.394 e. The predicted molar refractivity (Wildman–Crippen MR) is 81.5 cm³/mol. The largest absolute Gasteiger partial charge is 0.394 e. The molecule has 1 aliphatic heterocycles. The van der Waals surface area contributed by atoms with Crippen LogP contribution in [0, 0.1) is 0 Å². The van der Waals surface area contributed by atoms with Crippen molar-refractivity contribution in [2.75, 3.05) is 39.8 Å². The Labute approximate surface area is 119 Å². The van der Waals surface area contributed by atoms with Gasteiger partial charge in [0.25, 0.3) is 0 Å². The predicted octanol–water partition coefficient (Wildman–Crippen LogP) is 1.15. The molecular weight excluding hydrogens is 238 g/mol. The number of aliphatic hydroxyl groups is 1. The van der Waals surface area contributed by atoms with Gasteiger partial charge in [0.05, 0.1) is 6.61 Å². The van der Waals surface area contributed by atoms with E-state index >= 15 is 0 Å². The van der Waals surface area contributed by atoms with Gasteiger partial charge in [-0.3, -0.25) is 4.90 Å². The number of aliphatic hydroxyl groups excluding tert-OH is 1. The lowest BCUT2D eigenvalue weighted by Crippen LogP contribution is -2.56. The van der Waals surface area contributed by atoms with E-state index in [0.29, 0.717) is 12.1 Å². The van der Waals surface area contributed by atoms with Gasteiger partial charge in [0, 0.05) is 37.3 Å². The van der Waals surface area contributed by atoms with E-state index in [4.69, 9.17) is 0 Å². The summed E-state index contributed by atoms with van der Waals surface area (Å²) in [6, 6.07) is 1.24. The fourth-order valence-electron chi connectivity index (χ4n) is 2.75. The molecule has 0 aromatic heterocycles. The fourth-order valence-corrected chi connectivity index (χ4v) is 2.75. The quantitative estimate of drug-likeness (QED) is 0.729. The van der Waals surface area contributed by atoms with Crippen LogP contribution in [0.5, 0.6) is 0 Å². The van der Waals surface area contributed by atoms with E-state index in [9.17, 15) is 5.11 Å². The first kappa shape index (κ1) is 16.9.